The first kappa shape index (κ1) is 14.8. The van der Waals surface area contributed by atoms with Crippen molar-refractivity contribution in [2.75, 3.05) is 7.11 Å². The highest BCUT2D eigenvalue weighted by Crippen LogP contribution is 2.14. The number of methoxy groups -OCH3 is 1. The van der Waals surface area contributed by atoms with E-state index in [1.54, 1.807) is 48.7 Å². The van der Waals surface area contributed by atoms with E-state index < -0.39 is 5.97 Å². The highest BCUT2D eigenvalue weighted by atomic mass is 16.5. The molecule has 0 aliphatic rings. The third kappa shape index (κ3) is 3.55. The molecule has 116 valence electrons. The highest BCUT2D eigenvalue weighted by molar-refractivity contribution is 5.89. The van der Waals surface area contributed by atoms with Crippen LogP contribution in [0.15, 0.2) is 61.3 Å². The van der Waals surface area contributed by atoms with Crippen molar-refractivity contribution in [3.05, 3.63) is 72.4 Å². The van der Waals surface area contributed by atoms with Gasteiger partial charge < -0.3 is 9.47 Å². The van der Waals surface area contributed by atoms with Gasteiger partial charge in [0, 0.05) is 18.6 Å². The molecule has 0 atom stereocenters. The summed E-state index contributed by atoms with van der Waals surface area (Å²) in [6.45, 7) is 0.179. The molecule has 0 aliphatic heterocycles. The Morgan fingerprint density at radius 2 is 2.13 bits per heavy atom. The number of carbonyl (C=O) groups is 1. The number of hydrogen-bond donors (Lipinski definition) is 0. The molecule has 3 rings (SSSR count). The SMILES string of the molecule is COc1cccc(COC(=O)c2ccnc(-n3ccnc3)c2)c1. The molecule has 0 bridgehead atoms. The number of imidazole rings is 1. The Hall–Kier alpha value is -3.15. The van der Waals surface area contributed by atoms with Crippen LogP contribution in [0, 0.1) is 0 Å². The lowest BCUT2D eigenvalue weighted by atomic mass is 10.2. The van der Waals surface area contributed by atoms with Crippen LogP contribution in [0.5, 0.6) is 5.75 Å². The summed E-state index contributed by atoms with van der Waals surface area (Å²) in [5.74, 6) is 0.930. The Balaban J connectivity index is 1.70. The lowest BCUT2D eigenvalue weighted by Crippen LogP contribution is -2.07. The Morgan fingerprint density at radius 3 is 2.91 bits per heavy atom. The zero-order valence-electron chi connectivity index (χ0n) is 12.5. The average Bonchev–Trinajstić information content (AvgIpc) is 3.14. The summed E-state index contributed by atoms with van der Waals surface area (Å²) in [6, 6.07) is 10.7. The highest BCUT2D eigenvalue weighted by Gasteiger charge is 2.10. The topological polar surface area (TPSA) is 66.2 Å². The fourth-order valence-electron chi connectivity index (χ4n) is 2.08. The van der Waals surface area contributed by atoms with E-state index in [9.17, 15) is 4.79 Å². The zero-order valence-corrected chi connectivity index (χ0v) is 12.5. The lowest BCUT2D eigenvalue weighted by molar-refractivity contribution is 0.0472. The predicted molar refractivity (Wildman–Crippen MR) is 83.5 cm³/mol. The first-order valence-electron chi connectivity index (χ1n) is 7.01. The van der Waals surface area contributed by atoms with Crippen LogP contribution in [0.25, 0.3) is 5.82 Å². The third-order valence-electron chi connectivity index (χ3n) is 3.25. The molecule has 0 spiro atoms. The summed E-state index contributed by atoms with van der Waals surface area (Å²) in [4.78, 5) is 20.4. The molecule has 0 amide bonds. The molecule has 23 heavy (non-hydrogen) atoms. The summed E-state index contributed by atoms with van der Waals surface area (Å²) >= 11 is 0. The van der Waals surface area contributed by atoms with Crippen LogP contribution in [-0.4, -0.2) is 27.6 Å². The van der Waals surface area contributed by atoms with E-state index in [0.717, 1.165) is 11.3 Å². The predicted octanol–water partition coefficient (Wildman–Crippen LogP) is 2.63. The van der Waals surface area contributed by atoms with E-state index >= 15 is 0 Å². The number of aromatic nitrogens is 3. The molecule has 0 fully saturated rings. The summed E-state index contributed by atoms with van der Waals surface area (Å²) in [6.07, 6.45) is 6.59. The second-order valence-electron chi connectivity index (χ2n) is 4.80. The number of rotatable bonds is 5. The molecule has 0 radical (unpaired) electrons. The summed E-state index contributed by atoms with van der Waals surface area (Å²) in [5, 5.41) is 0. The summed E-state index contributed by atoms with van der Waals surface area (Å²) in [7, 11) is 1.60. The van der Waals surface area contributed by atoms with Crippen LogP contribution in [0.3, 0.4) is 0 Å². The maximum atomic E-state index is 12.2. The summed E-state index contributed by atoms with van der Waals surface area (Å²) < 4.78 is 12.2. The molecule has 0 unspecified atom stereocenters. The Labute approximate surface area is 133 Å². The molecule has 6 heteroatoms. The van der Waals surface area contributed by atoms with Gasteiger partial charge in [-0.05, 0) is 29.8 Å². The van der Waals surface area contributed by atoms with Crippen LogP contribution in [0.4, 0.5) is 0 Å². The van der Waals surface area contributed by atoms with Crippen LogP contribution in [0.1, 0.15) is 15.9 Å². The Bertz CT molecular complexity index is 800. The molecule has 2 heterocycles. The number of ether oxygens (including phenoxy) is 2. The fraction of sp³-hybridized carbons (Fsp3) is 0.118. The van der Waals surface area contributed by atoms with Gasteiger partial charge in [-0.25, -0.2) is 14.8 Å². The van der Waals surface area contributed by atoms with E-state index in [4.69, 9.17) is 9.47 Å². The van der Waals surface area contributed by atoms with Crippen molar-refractivity contribution < 1.29 is 14.3 Å². The van der Waals surface area contributed by atoms with Crippen molar-refractivity contribution in [1.29, 1.82) is 0 Å². The molecule has 6 nitrogen and oxygen atoms in total. The van der Waals surface area contributed by atoms with Gasteiger partial charge in [0.2, 0.25) is 0 Å². The van der Waals surface area contributed by atoms with Crippen molar-refractivity contribution >= 4 is 5.97 Å². The monoisotopic (exact) mass is 309 g/mol. The number of esters is 1. The van der Waals surface area contributed by atoms with Crippen molar-refractivity contribution in [3.8, 4) is 11.6 Å². The minimum absolute atomic E-state index is 0.179. The van der Waals surface area contributed by atoms with Gasteiger partial charge in [-0.15, -0.1) is 0 Å². The van der Waals surface area contributed by atoms with Gasteiger partial charge in [0.05, 0.1) is 12.7 Å². The smallest absolute Gasteiger partial charge is 0.338 e. The second kappa shape index (κ2) is 6.74. The van der Waals surface area contributed by atoms with E-state index in [0.29, 0.717) is 11.4 Å². The number of hydrogen-bond acceptors (Lipinski definition) is 5. The van der Waals surface area contributed by atoms with Gasteiger partial charge in [0.15, 0.2) is 0 Å². The molecule has 0 saturated carbocycles. The van der Waals surface area contributed by atoms with Crippen molar-refractivity contribution in [2.24, 2.45) is 0 Å². The second-order valence-corrected chi connectivity index (χ2v) is 4.80. The van der Waals surface area contributed by atoms with E-state index in [1.807, 2.05) is 24.3 Å². The minimum atomic E-state index is -0.406. The van der Waals surface area contributed by atoms with Crippen LogP contribution >= 0.6 is 0 Å². The average molecular weight is 309 g/mol. The van der Waals surface area contributed by atoms with Gasteiger partial charge >= 0.3 is 5.97 Å². The first-order chi connectivity index (χ1) is 11.3. The van der Waals surface area contributed by atoms with E-state index in [1.165, 1.54) is 0 Å². The van der Waals surface area contributed by atoms with Gasteiger partial charge in [-0.2, -0.15) is 0 Å². The van der Waals surface area contributed by atoms with Crippen molar-refractivity contribution in [1.82, 2.24) is 14.5 Å². The normalized spacial score (nSPS) is 10.3. The number of benzene rings is 1. The van der Waals surface area contributed by atoms with E-state index in [2.05, 4.69) is 9.97 Å². The number of pyridine rings is 1. The maximum Gasteiger partial charge on any atom is 0.338 e. The third-order valence-corrected chi connectivity index (χ3v) is 3.25. The van der Waals surface area contributed by atoms with E-state index in [-0.39, 0.29) is 6.61 Å². The molecule has 0 saturated heterocycles. The molecular formula is C17H15N3O3. The molecule has 1 aromatic carbocycles. The molecule has 3 aromatic rings. The van der Waals surface area contributed by atoms with Gasteiger partial charge in [0.1, 0.15) is 24.5 Å². The van der Waals surface area contributed by atoms with Crippen LogP contribution in [0.2, 0.25) is 0 Å². The van der Waals surface area contributed by atoms with Gasteiger partial charge in [-0.1, -0.05) is 12.1 Å². The first-order valence-corrected chi connectivity index (χ1v) is 7.01. The number of carbonyl (C=O) groups excluding carboxylic acids is 1. The largest absolute Gasteiger partial charge is 0.497 e. The lowest BCUT2D eigenvalue weighted by Gasteiger charge is -2.07. The van der Waals surface area contributed by atoms with Crippen molar-refractivity contribution in [3.63, 3.8) is 0 Å². The molecule has 2 aromatic heterocycles. The van der Waals surface area contributed by atoms with Gasteiger partial charge in [0.25, 0.3) is 0 Å². The standard InChI is InChI=1S/C17H15N3O3/c1-22-15-4-2-3-13(9-15)11-23-17(21)14-5-6-19-16(10-14)20-8-7-18-12-20/h2-10,12H,11H2,1H3. The Morgan fingerprint density at radius 1 is 1.22 bits per heavy atom. The van der Waals surface area contributed by atoms with Gasteiger partial charge in [-0.3, -0.25) is 4.57 Å². The summed E-state index contributed by atoms with van der Waals surface area (Å²) in [5.41, 5.74) is 1.30. The quantitative estimate of drug-likeness (QED) is 0.678. The zero-order chi connectivity index (χ0) is 16.1. The fourth-order valence-corrected chi connectivity index (χ4v) is 2.08. The van der Waals surface area contributed by atoms with Crippen molar-refractivity contribution in [2.45, 2.75) is 6.61 Å². The molecule has 0 aliphatic carbocycles. The van der Waals surface area contributed by atoms with Crippen LogP contribution < -0.4 is 4.74 Å². The van der Waals surface area contributed by atoms with Crippen LogP contribution in [-0.2, 0) is 11.3 Å². The maximum absolute atomic E-state index is 12.2. The molecular weight excluding hydrogens is 294 g/mol. The minimum Gasteiger partial charge on any atom is -0.497 e. The Kier molecular flexibility index (Phi) is 4.33. The number of nitrogens with zero attached hydrogens (tertiary/aromatic N) is 3. The molecule has 0 N–H and O–H groups in total.